The Morgan fingerprint density at radius 3 is 2.35 bits per heavy atom. The zero-order chi connectivity index (χ0) is 13.9. The van der Waals surface area contributed by atoms with Crippen molar-refractivity contribution in [3.05, 3.63) is 0 Å². The van der Waals surface area contributed by atoms with E-state index < -0.39 is 5.97 Å². The molecule has 2 saturated carbocycles. The quantitative estimate of drug-likeness (QED) is 0.857. The fourth-order valence-electron chi connectivity index (χ4n) is 4.93. The molecule has 1 heterocycles. The summed E-state index contributed by atoms with van der Waals surface area (Å²) in [6.07, 6.45) is 14.0. The average molecular weight is 279 g/mol. The predicted octanol–water partition coefficient (Wildman–Crippen LogP) is 3.67. The third kappa shape index (κ3) is 3.03. The van der Waals surface area contributed by atoms with Crippen molar-refractivity contribution in [1.29, 1.82) is 0 Å². The van der Waals surface area contributed by atoms with Crippen LogP contribution in [0.3, 0.4) is 0 Å². The molecular weight excluding hydrogens is 250 g/mol. The molecule has 0 aromatic carbocycles. The maximum absolute atomic E-state index is 11.6. The summed E-state index contributed by atoms with van der Waals surface area (Å²) in [5, 5.41) is 9.59. The standard InChI is InChI=1S/C17H29NO2/c19-17(20)16-11-10-14-8-4-5-9-15(14)18(16)12-13-6-2-1-3-7-13/h13-16H,1-12H2,(H,19,20). The first-order valence-corrected chi connectivity index (χ1v) is 8.74. The van der Waals surface area contributed by atoms with Gasteiger partial charge in [0.1, 0.15) is 6.04 Å². The van der Waals surface area contributed by atoms with Crippen LogP contribution >= 0.6 is 0 Å². The lowest BCUT2D eigenvalue weighted by atomic mass is 9.75. The second-order valence-corrected chi connectivity index (χ2v) is 7.24. The molecule has 114 valence electrons. The number of hydrogen-bond donors (Lipinski definition) is 1. The van der Waals surface area contributed by atoms with Crippen molar-refractivity contribution in [1.82, 2.24) is 4.90 Å². The van der Waals surface area contributed by atoms with Gasteiger partial charge in [0.15, 0.2) is 0 Å². The summed E-state index contributed by atoms with van der Waals surface area (Å²) < 4.78 is 0. The van der Waals surface area contributed by atoms with Gasteiger partial charge in [-0.15, -0.1) is 0 Å². The molecule has 3 nitrogen and oxygen atoms in total. The molecule has 0 aromatic heterocycles. The van der Waals surface area contributed by atoms with Crippen molar-refractivity contribution in [2.45, 2.75) is 82.7 Å². The molecule has 0 radical (unpaired) electrons. The van der Waals surface area contributed by atoms with Crippen LogP contribution in [0.25, 0.3) is 0 Å². The van der Waals surface area contributed by atoms with Gasteiger partial charge in [-0.05, 0) is 50.4 Å². The van der Waals surface area contributed by atoms with Gasteiger partial charge in [0, 0.05) is 12.6 Å². The van der Waals surface area contributed by atoms with Crippen LogP contribution in [0.5, 0.6) is 0 Å². The number of piperidine rings is 1. The summed E-state index contributed by atoms with van der Waals surface area (Å²) in [4.78, 5) is 14.1. The van der Waals surface area contributed by atoms with E-state index in [1.807, 2.05) is 0 Å². The first-order chi connectivity index (χ1) is 9.75. The smallest absolute Gasteiger partial charge is 0.320 e. The van der Waals surface area contributed by atoms with Crippen molar-refractivity contribution >= 4 is 5.97 Å². The molecule has 0 aromatic rings. The van der Waals surface area contributed by atoms with Gasteiger partial charge in [-0.2, -0.15) is 0 Å². The van der Waals surface area contributed by atoms with Crippen LogP contribution in [0.2, 0.25) is 0 Å². The molecule has 3 aliphatic rings. The first-order valence-electron chi connectivity index (χ1n) is 8.74. The Morgan fingerprint density at radius 1 is 0.900 bits per heavy atom. The highest BCUT2D eigenvalue weighted by atomic mass is 16.4. The van der Waals surface area contributed by atoms with E-state index in [2.05, 4.69) is 4.90 Å². The minimum absolute atomic E-state index is 0.198. The van der Waals surface area contributed by atoms with Crippen LogP contribution in [-0.4, -0.2) is 34.6 Å². The van der Waals surface area contributed by atoms with E-state index in [-0.39, 0.29) is 6.04 Å². The molecule has 3 heteroatoms. The Hall–Kier alpha value is -0.570. The lowest BCUT2D eigenvalue weighted by Crippen LogP contribution is -2.56. The highest BCUT2D eigenvalue weighted by Crippen LogP contribution is 2.39. The minimum atomic E-state index is -0.579. The molecule has 3 rings (SSSR count). The predicted molar refractivity (Wildman–Crippen MR) is 79.7 cm³/mol. The summed E-state index contributed by atoms with van der Waals surface area (Å²) in [5.41, 5.74) is 0. The molecule has 3 fully saturated rings. The van der Waals surface area contributed by atoms with E-state index >= 15 is 0 Å². The van der Waals surface area contributed by atoms with E-state index in [1.54, 1.807) is 0 Å². The Kier molecular flexibility index (Phi) is 4.65. The maximum atomic E-state index is 11.6. The molecule has 1 saturated heterocycles. The summed E-state index contributed by atoms with van der Waals surface area (Å²) in [6, 6.07) is 0.372. The van der Waals surface area contributed by atoms with Crippen LogP contribution in [0.4, 0.5) is 0 Å². The van der Waals surface area contributed by atoms with Crippen molar-refractivity contribution in [2.24, 2.45) is 11.8 Å². The van der Waals surface area contributed by atoms with Crippen LogP contribution in [0.15, 0.2) is 0 Å². The fourth-order valence-corrected chi connectivity index (χ4v) is 4.93. The number of rotatable bonds is 3. The van der Waals surface area contributed by atoms with Gasteiger partial charge in [-0.1, -0.05) is 32.1 Å². The maximum Gasteiger partial charge on any atom is 0.320 e. The van der Waals surface area contributed by atoms with Gasteiger partial charge in [0.2, 0.25) is 0 Å². The Labute approximate surface area is 122 Å². The number of likely N-dealkylation sites (tertiary alicyclic amines) is 1. The summed E-state index contributed by atoms with van der Waals surface area (Å²) in [5.74, 6) is 0.957. The number of carbonyl (C=O) groups is 1. The summed E-state index contributed by atoms with van der Waals surface area (Å²) >= 11 is 0. The number of carboxylic acid groups (broad SMARTS) is 1. The molecule has 2 aliphatic carbocycles. The van der Waals surface area contributed by atoms with Crippen LogP contribution in [0.1, 0.15) is 70.6 Å². The van der Waals surface area contributed by atoms with Crippen LogP contribution in [-0.2, 0) is 4.79 Å². The molecule has 0 spiro atoms. The minimum Gasteiger partial charge on any atom is -0.480 e. The van der Waals surface area contributed by atoms with Crippen LogP contribution in [0, 0.1) is 11.8 Å². The normalized spacial score (nSPS) is 36.5. The molecule has 1 aliphatic heterocycles. The Bertz CT molecular complexity index is 338. The number of nitrogens with zero attached hydrogens (tertiary/aromatic N) is 1. The van der Waals surface area contributed by atoms with E-state index in [1.165, 1.54) is 57.8 Å². The third-order valence-electron chi connectivity index (χ3n) is 5.98. The van der Waals surface area contributed by atoms with Crippen LogP contribution < -0.4 is 0 Å². The molecule has 1 N–H and O–H groups in total. The second-order valence-electron chi connectivity index (χ2n) is 7.24. The monoisotopic (exact) mass is 279 g/mol. The summed E-state index contributed by atoms with van der Waals surface area (Å²) in [6.45, 7) is 1.05. The molecule has 0 amide bonds. The van der Waals surface area contributed by atoms with Gasteiger partial charge in [-0.25, -0.2) is 0 Å². The van der Waals surface area contributed by atoms with Crippen molar-refractivity contribution in [3.8, 4) is 0 Å². The van der Waals surface area contributed by atoms with Gasteiger partial charge in [-0.3, -0.25) is 9.69 Å². The highest BCUT2D eigenvalue weighted by molar-refractivity contribution is 5.73. The lowest BCUT2D eigenvalue weighted by molar-refractivity contribution is -0.148. The van der Waals surface area contributed by atoms with Crippen molar-refractivity contribution in [3.63, 3.8) is 0 Å². The first kappa shape index (κ1) is 14.4. The van der Waals surface area contributed by atoms with Gasteiger partial charge in [0.05, 0.1) is 0 Å². The number of fused-ring (bicyclic) bond motifs is 1. The molecule has 20 heavy (non-hydrogen) atoms. The molecule has 0 bridgehead atoms. The van der Waals surface area contributed by atoms with E-state index in [9.17, 15) is 9.90 Å². The zero-order valence-corrected chi connectivity index (χ0v) is 12.6. The highest BCUT2D eigenvalue weighted by Gasteiger charge is 2.41. The van der Waals surface area contributed by atoms with Gasteiger partial charge in [0.25, 0.3) is 0 Å². The largest absolute Gasteiger partial charge is 0.480 e. The van der Waals surface area contributed by atoms with E-state index in [0.717, 1.165) is 31.2 Å². The fraction of sp³-hybridized carbons (Fsp3) is 0.941. The number of carboxylic acids is 1. The lowest BCUT2D eigenvalue weighted by Gasteiger charge is -2.48. The van der Waals surface area contributed by atoms with Crippen molar-refractivity contribution < 1.29 is 9.90 Å². The number of hydrogen-bond acceptors (Lipinski definition) is 2. The Balaban J connectivity index is 1.71. The summed E-state index contributed by atoms with van der Waals surface area (Å²) in [7, 11) is 0. The zero-order valence-electron chi connectivity index (χ0n) is 12.6. The van der Waals surface area contributed by atoms with E-state index in [4.69, 9.17) is 0 Å². The topological polar surface area (TPSA) is 40.5 Å². The van der Waals surface area contributed by atoms with E-state index in [0.29, 0.717) is 6.04 Å². The SMILES string of the molecule is O=C(O)C1CCC2CCCCC2N1CC1CCCCC1. The third-order valence-corrected chi connectivity index (χ3v) is 5.98. The van der Waals surface area contributed by atoms with Gasteiger partial charge >= 0.3 is 5.97 Å². The van der Waals surface area contributed by atoms with Gasteiger partial charge < -0.3 is 5.11 Å². The molecule has 3 atom stereocenters. The Morgan fingerprint density at radius 2 is 1.60 bits per heavy atom. The molecule has 3 unspecified atom stereocenters. The number of aliphatic carboxylic acids is 1. The second kappa shape index (κ2) is 6.46. The average Bonchev–Trinajstić information content (AvgIpc) is 2.48. The molecular formula is C17H29NO2. The van der Waals surface area contributed by atoms with Crippen molar-refractivity contribution in [2.75, 3.05) is 6.54 Å².